The number of hydrogen-bond donors (Lipinski definition) is 1. The fraction of sp³-hybridized carbons (Fsp3) is 1.00. The molecule has 0 fully saturated rings. The molecule has 0 rings (SSSR count). The van der Waals surface area contributed by atoms with Gasteiger partial charge in [-0.15, -0.1) is 0 Å². The molecule has 12 heavy (non-hydrogen) atoms. The number of ether oxygens (including phenoxy) is 1. The molecule has 0 amide bonds. The standard InChI is InChI=1S/C8H19N3O/c1-3-9-11-10-7-5-6-8-12-4-2/h3-8H2,1-2H3,(H,9,10). The second-order valence-electron chi connectivity index (χ2n) is 2.38. The van der Waals surface area contributed by atoms with Gasteiger partial charge in [-0.25, -0.2) is 0 Å². The third kappa shape index (κ3) is 9.36. The maximum absolute atomic E-state index is 5.17. The molecule has 0 spiro atoms. The highest BCUT2D eigenvalue weighted by Gasteiger charge is 1.86. The third-order valence-corrected chi connectivity index (χ3v) is 1.30. The maximum Gasteiger partial charge on any atom is 0.0621 e. The molecule has 0 aliphatic rings. The Labute approximate surface area is 74.4 Å². The zero-order valence-electron chi connectivity index (χ0n) is 8.05. The first-order chi connectivity index (χ1) is 5.91. The van der Waals surface area contributed by atoms with Crippen LogP contribution in [0.5, 0.6) is 0 Å². The van der Waals surface area contributed by atoms with Crippen molar-refractivity contribution in [1.82, 2.24) is 5.43 Å². The van der Waals surface area contributed by atoms with Crippen molar-refractivity contribution in [2.75, 3.05) is 26.3 Å². The van der Waals surface area contributed by atoms with Gasteiger partial charge in [0.2, 0.25) is 0 Å². The molecule has 72 valence electrons. The highest BCUT2D eigenvalue weighted by atomic mass is 16.5. The van der Waals surface area contributed by atoms with Crippen LogP contribution in [0.3, 0.4) is 0 Å². The monoisotopic (exact) mass is 173 g/mol. The van der Waals surface area contributed by atoms with E-state index >= 15 is 0 Å². The molecule has 0 bridgehead atoms. The van der Waals surface area contributed by atoms with E-state index in [2.05, 4.69) is 15.8 Å². The van der Waals surface area contributed by atoms with Crippen molar-refractivity contribution < 1.29 is 4.74 Å². The lowest BCUT2D eigenvalue weighted by Gasteiger charge is -1.97. The van der Waals surface area contributed by atoms with Crippen LogP contribution < -0.4 is 5.43 Å². The van der Waals surface area contributed by atoms with E-state index in [0.717, 1.165) is 39.1 Å². The van der Waals surface area contributed by atoms with E-state index in [1.807, 2.05) is 13.8 Å². The summed E-state index contributed by atoms with van der Waals surface area (Å²) in [7, 11) is 0. The van der Waals surface area contributed by atoms with Crippen LogP contribution in [0.2, 0.25) is 0 Å². The molecule has 0 aromatic rings. The maximum atomic E-state index is 5.17. The number of rotatable bonds is 8. The smallest absolute Gasteiger partial charge is 0.0621 e. The Bertz CT molecular complexity index is 106. The summed E-state index contributed by atoms with van der Waals surface area (Å²) in [6.45, 7) is 7.27. The van der Waals surface area contributed by atoms with Gasteiger partial charge < -0.3 is 4.74 Å². The van der Waals surface area contributed by atoms with Crippen LogP contribution in [0.1, 0.15) is 26.7 Å². The Morgan fingerprint density at radius 2 is 2.08 bits per heavy atom. The first kappa shape index (κ1) is 11.4. The van der Waals surface area contributed by atoms with E-state index in [1.165, 1.54) is 0 Å². The van der Waals surface area contributed by atoms with Crippen molar-refractivity contribution in [3.05, 3.63) is 0 Å². The van der Waals surface area contributed by atoms with Gasteiger partial charge >= 0.3 is 0 Å². The van der Waals surface area contributed by atoms with Crippen molar-refractivity contribution in [3.8, 4) is 0 Å². The Morgan fingerprint density at radius 1 is 1.25 bits per heavy atom. The predicted molar refractivity (Wildman–Crippen MR) is 49.1 cm³/mol. The van der Waals surface area contributed by atoms with Gasteiger partial charge in [-0.1, -0.05) is 5.22 Å². The quantitative estimate of drug-likeness (QED) is 0.345. The zero-order valence-corrected chi connectivity index (χ0v) is 8.05. The van der Waals surface area contributed by atoms with E-state index in [0.29, 0.717) is 0 Å². The Morgan fingerprint density at radius 3 is 2.75 bits per heavy atom. The van der Waals surface area contributed by atoms with Crippen LogP contribution in [-0.2, 0) is 4.74 Å². The van der Waals surface area contributed by atoms with E-state index in [9.17, 15) is 0 Å². The molecule has 4 heteroatoms. The Hall–Kier alpha value is -0.640. The predicted octanol–water partition coefficient (Wildman–Crippen LogP) is 1.78. The summed E-state index contributed by atoms with van der Waals surface area (Å²) in [4.78, 5) is 0. The molecule has 4 nitrogen and oxygen atoms in total. The lowest BCUT2D eigenvalue weighted by atomic mass is 10.3. The van der Waals surface area contributed by atoms with Crippen molar-refractivity contribution in [2.24, 2.45) is 10.3 Å². The van der Waals surface area contributed by atoms with Crippen LogP contribution in [0.4, 0.5) is 0 Å². The highest BCUT2D eigenvalue weighted by Crippen LogP contribution is 1.90. The third-order valence-electron chi connectivity index (χ3n) is 1.30. The molecule has 0 unspecified atom stereocenters. The summed E-state index contributed by atoms with van der Waals surface area (Å²) < 4.78 is 5.17. The van der Waals surface area contributed by atoms with Crippen LogP contribution in [0.15, 0.2) is 10.3 Å². The Kier molecular flexibility index (Phi) is 9.81. The van der Waals surface area contributed by atoms with Gasteiger partial charge in [0, 0.05) is 19.8 Å². The first-order valence-electron chi connectivity index (χ1n) is 4.58. The lowest BCUT2D eigenvalue weighted by Crippen LogP contribution is -2.01. The van der Waals surface area contributed by atoms with Gasteiger partial charge in [0.1, 0.15) is 0 Å². The summed E-state index contributed by atoms with van der Waals surface area (Å²) in [5.74, 6) is 0. The van der Waals surface area contributed by atoms with Gasteiger partial charge in [0.15, 0.2) is 0 Å². The van der Waals surface area contributed by atoms with Gasteiger partial charge in [-0.05, 0) is 26.7 Å². The van der Waals surface area contributed by atoms with Gasteiger partial charge in [-0.2, -0.15) is 5.11 Å². The molecular formula is C8H19N3O. The minimum atomic E-state index is 0.792. The number of unbranched alkanes of at least 4 members (excludes halogenated alkanes) is 1. The fourth-order valence-corrected chi connectivity index (χ4v) is 0.702. The van der Waals surface area contributed by atoms with E-state index in [1.54, 1.807) is 0 Å². The molecule has 0 aromatic carbocycles. The average molecular weight is 173 g/mol. The zero-order chi connectivity index (χ0) is 9.07. The lowest BCUT2D eigenvalue weighted by molar-refractivity contribution is 0.144. The Balaban J connectivity index is 2.90. The molecule has 0 aliphatic heterocycles. The van der Waals surface area contributed by atoms with Crippen LogP contribution in [0, 0.1) is 0 Å². The molecule has 0 radical (unpaired) electrons. The van der Waals surface area contributed by atoms with E-state index < -0.39 is 0 Å². The molecule has 0 saturated heterocycles. The highest BCUT2D eigenvalue weighted by molar-refractivity contribution is 4.41. The minimum Gasteiger partial charge on any atom is -0.382 e. The molecule has 1 N–H and O–H groups in total. The molecular weight excluding hydrogens is 154 g/mol. The largest absolute Gasteiger partial charge is 0.382 e. The van der Waals surface area contributed by atoms with Gasteiger partial charge in [0.05, 0.1) is 6.54 Å². The van der Waals surface area contributed by atoms with Crippen molar-refractivity contribution in [2.45, 2.75) is 26.7 Å². The molecule has 0 atom stereocenters. The van der Waals surface area contributed by atoms with Crippen LogP contribution in [-0.4, -0.2) is 26.3 Å². The first-order valence-corrected chi connectivity index (χ1v) is 4.58. The number of nitrogens with one attached hydrogen (secondary N) is 1. The molecule has 0 saturated carbocycles. The van der Waals surface area contributed by atoms with Gasteiger partial charge in [0.25, 0.3) is 0 Å². The number of nitrogens with zero attached hydrogens (tertiary/aromatic N) is 2. The molecule has 0 heterocycles. The average Bonchev–Trinajstić information content (AvgIpc) is 2.10. The normalized spacial score (nSPS) is 10.8. The number of hydrogen-bond acceptors (Lipinski definition) is 3. The summed E-state index contributed by atoms with van der Waals surface area (Å²) in [6, 6.07) is 0. The summed E-state index contributed by atoms with van der Waals surface area (Å²) in [6.07, 6.45) is 2.12. The van der Waals surface area contributed by atoms with Crippen LogP contribution >= 0.6 is 0 Å². The van der Waals surface area contributed by atoms with Gasteiger partial charge in [-0.3, -0.25) is 5.43 Å². The van der Waals surface area contributed by atoms with E-state index in [-0.39, 0.29) is 0 Å². The second kappa shape index (κ2) is 10.4. The van der Waals surface area contributed by atoms with Crippen molar-refractivity contribution in [1.29, 1.82) is 0 Å². The second-order valence-corrected chi connectivity index (χ2v) is 2.38. The minimum absolute atomic E-state index is 0.792. The summed E-state index contributed by atoms with van der Waals surface area (Å²) in [5, 5.41) is 7.66. The van der Waals surface area contributed by atoms with Crippen LogP contribution in [0.25, 0.3) is 0 Å². The van der Waals surface area contributed by atoms with Crippen molar-refractivity contribution in [3.63, 3.8) is 0 Å². The topological polar surface area (TPSA) is 46.0 Å². The molecule has 0 aliphatic carbocycles. The fourth-order valence-electron chi connectivity index (χ4n) is 0.702. The van der Waals surface area contributed by atoms with Crippen molar-refractivity contribution >= 4 is 0 Å². The SMILES string of the molecule is CCNN=NCCCCOCC. The summed E-state index contributed by atoms with van der Waals surface area (Å²) >= 11 is 0. The summed E-state index contributed by atoms with van der Waals surface area (Å²) in [5.41, 5.74) is 2.78. The molecule has 0 aromatic heterocycles. The van der Waals surface area contributed by atoms with E-state index in [4.69, 9.17) is 4.74 Å².